The van der Waals surface area contributed by atoms with Crippen molar-refractivity contribution >= 4 is 23.2 Å². The number of nitrogens with zero attached hydrogens (tertiary/aromatic N) is 3. The van der Waals surface area contributed by atoms with Crippen molar-refractivity contribution in [2.75, 3.05) is 32.8 Å². The number of amides is 1. The topological polar surface area (TPSA) is 86.9 Å². The van der Waals surface area contributed by atoms with E-state index in [0.29, 0.717) is 40.9 Å². The van der Waals surface area contributed by atoms with E-state index in [4.69, 9.17) is 30.3 Å². The maximum atomic E-state index is 13.4. The van der Waals surface area contributed by atoms with Crippen LogP contribution < -0.4 is 19.1 Å². The van der Waals surface area contributed by atoms with Crippen LogP contribution in [0.3, 0.4) is 0 Å². The van der Waals surface area contributed by atoms with Gasteiger partial charge < -0.3 is 23.6 Å². The number of methoxy groups -OCH3 is 3. The Balaban J connectivity index is 1.59. The molecular formula is C21H19ClFN3O5. The lowest BCUT2D eigenvalue weighted by atomic mass is 10.1. The molecule has 1 fully saturated rings. The first kappa shape index (κ1) is 20.9. The van der Waals surface area contributed by atoms with Crippen LogP contribution in [0.5, 0.6) is 17.2 Å². The summed E-state index contributed by atoms with van der Waals surface area (Å²) in [6.07, 6.45) is 0.197. The summed E-state index contributed by atoms with van der Waals surface area (Å²) >= 11 is 5.83. The lowest BCUT2D eigenvalue weighted by Gasteiger charge is -2.20. The van der Waals surface area contributed by atoms with Crippen molar-refractivity contribution in [1.29, 1.82) is 0 Å². The maximum Gasteiger partial charge on any atom is 0.232 e. The third-order valence-electron chi connectivity index (χ3n) is 5.05. The second-order valence-corrected chi connectivity index (χ2v) is 7.28. The van der Waals surface area contributed by atoms with E-state index >= 15 is 0 Å². The van der Waals surface area contributed by atoms with Gasteiger partial charge in [-0.05, 0) is 18.2 Å². The molecule has 0 N–H and O–H groups in total. The summed E-state index contributed by atoms with van der Waals surface area (Å²) < 4.78 is 34.9. The number of ether oxygens (including phenoxy) is 3. The van der Waals surface area contributed by atoms with Crippen LogP contribution >= 0.6 is 11.6 Å². The molecule has 4 rings (SSSR count). The smallest absolute Gasteiger partial charge is 0.232 e. The van der Waals surface area contributed by atoms with Crippen LogP contribution in [0.2, 0.25) is 5.02 Å². The van der Waals surface area contributed by atoms with Gasteiger partial charge in [-0.25, -0.2) is 4.39 Å². The molecule has 162 valence electrons. The fourth-order valence-electron chi connectivity index (χ4n) is 3.50. The number of carbonyl (C=O) groups excluding carboxylic acids is 1. The van der Waals surface area contributed by atoms with E-state index in [1.165, 1.54) is 39.5 Å². The number of halogens is 2. The third-order valence-corrected chi connectivity index (χ3v) is 5.34. The van der Waals surface area contributed by atoms with E-state index < -0.39 is 5.82 Å². The summed E-state index contributed by atoms with van der Waals surface area (Å²) in [7, 11) is 4.53. The van der Waals surface area contributed by atoms with E-state index in [2.05, 4.69) is 10.1 Å². The van der Waals surface area contributed by atoms with Crippen molar-refractivity contribution in [1.82, 2.24) is 10.1 Å². The molecule has 1 atom stereocenters. The highest BCUT2D eigenvalue weighted by Gasteiger charge is 2.36. The molecule has 1 saturated heterocycles. The number of aromatic nitrogens is 2. The van der Waals surface area contributed by atoms with Crippen molar-refractivity contribution in [2.24, 2.45) is 0 Å². The zero-order chi connectivity index (χ0) is 22.1. The van der Waals surface area contributed by atoms with Gasteiger partial charge in [0.05, 0.1) is 38.0 Å². The molecule has 1 aliphatic rings. The minimum atomic E-state index is -0.531. The highest BCUT2D eigenvalue weighted by Crippen LogP contribution is 2.43. The van der Waals surface area contributed by atoms with Crippen molar-refractivity contribution in [3.63, 3.8) is 0 Å². The molecule has 1 aliphatic heterocycles. The summed E-state index contributed by atoms with van der Waals surface area (Å²) in [6.45, 7) is 0.337. The Kier molecular flexibility index (Phi) is 5.69. The molecule has 0 aliphatic carbocycles. The highest BCUT2D eigenvalue weighted by molar-refractivity contribution is 6.31. The molecule has 3 aromatic rings. The molecular weight excluding hydrogens is 429 g/mol. The third kappa shape index (κ3) is 3.88. The van der Waals surface area contributed by atoms with Gasteiger partial charge in [-0.15, -0.1) is 0 Å². The van der Waals surface area contributed by atoms with Crippen LogP contribution in [0, 0.1) is 5.82 Å². The van der Waals surface area contributed by atoms with Crippen LogP contribution in [0.25, 0.3) is 11.4 Å². The van der Waals surface area contributed by atoms with Gasteiger partial charge in [-0.2, -0.15) is 4.98 Å². The van der Waals surface area contributed by atoms with Gasteiger partial charge in [0.1, 0.15) is 5.82 Å². The van der Waals surface area contributed by atoms with Gasteiger partial charge in [0.25, 0.3) is 0 Å². The van der Waals surface area contributed by atoms with Crippen molar-refractivity contribution in [3.8, 4) is 28.6 Å². The van der Waals surface area contributed by atoms with Crippen LogP contribution in [-0.2, 0) is 4.79 Å². The molecule has 1 unspecified atom stereocenters. The quantitative estimate of drug-likeness (QED) is 0.562. The van der Waals surface area contributed by atoms with Crippen molar-refractivity contribution in [2.45, 2.75) is 12.3 Å². The first-order valence-electron chi connectivity index (χ1n) is 9.34. The number of hydrogen-bond donors (Lipinski definition) is 0. The Morgan fingerprint density at radius 2 is 1.84 bits per heavy atom. The average molecular weight is 448 g/mol. The Hall–Kier alpha value is -3.33. The molecule has 8 nitrogen and oxygen atoms in total. The SMILES string of the molecule is COc1cc(N2CC(c3nc(-c4ccc(F)c(Cl)c4)no3)CC2=O)cc(OC)c1OC. The van der Waals surface area contributed by atoms with Gasteiger partial charge in [-0.3, -0.25) is 4.79 Å². The van der Waals surface area contributed by atoms with E-state index in [1.807, 2.05) is 0 Å². The Morgan fingerprint density at radius 1 is 1.13 bits per heavy atom. The largest absolute Gasteiger partial charge is 0.493 e. The Morgan fingerprint density at radius 3 is 2.45 bits per heavy atom. The summed E-state index contributed by atoms with van der Waals surface area (Å²) in [5.74, 6) is 0.984. The fourth-order valence-corrected chi connectivity index (χ4v) is 3.68. The molecule has 1 aromatic heterocycles. The Bertz CT molecular complexity index is 1110. The van der Waals surface area contributed by atoms with Gasteiger partial charge >= 0.3 is 0 Å². The second kappa shape index (κ2) is 8.43. The summed E-state index contributed by atoms with van der Waals surface area (Å²) in [5, 5.41) is 3.91. The van der Waals surface area contributed by atoms with Crippen LogP contribution in [0.1, 0.15) is 18.2 Å². The molecule has 31 heavy (non-hydrogen) atoms. The van der Waals surface area contributed by atoms with Gasteiger partial charge in [0, 0.05) is 30.7 Å². The standard InChI is InChI=1S/C21H19ClFN3O5/c1-28-16-8-13(9-17(29-2)19(16)30-3)26-10-12(7-18(26)27)21-24-20(25-31-21)11-4-5-15(23)14(22)6-11/h4-6,8-9,12H,7,10H2,1-3H3. The molecule has 0 bridgehead atoms. The summed E-state index contributed by atoms with van der Waals surface area (Å²) in [5.41, 5.74) is 1.12. The number of hydrogen-bond acceptors (Lipinski definition) is 7. The molecule has 0 spiro atoms. The first-order valence-corrected chi connectivity index (χ1v) is 9.72. The maximum absolute atomic E-state index is 13.4. The number of carbonyl (C=O) groups is 1. The number of benzene rings is 2. The zero-order valence-corrected chi connectivity index (χ0v) is 17.8. The Labute approximate surface area is 182 Å². The second-order valence-electron chi connectivity index (χ2n) is 6.87. The van der Waals surface area contributed by atoms with Crippen LogP contribution in [0.4, 0.5) is 10.1 Å². The van der Waals surface area contributed by atoms with E-state index in [0.717, 1.165) is 0 Å². The van der Waals surface area contributed by atoms with Crippen molar-refractivity contribution in [3.05, 3.63) is 47.1 Å². The van der Waals surface area contributed by atoms with Gasteiger partial charge in [0.15, 0.2) is 11.5 Å². The van der Waals surface area contributed by atoms with Gasteiger partial charge in [0.2, 0.25) is 23.4 Å². The minimum absolute atomic E-state index is 0.0338. The predicted octanol–water partition coefficient (Wildman–Crippen LogP) is 4.08. The molecule has 2 heterocycles. The van der Waals surface area contributed by atoms with E-state index in [-0.39, 0.29) is 29.1 Å². The number of anilines is 1. The predicted molar refractivity (Wildman–Crippen MR) is 111 cm³/mol. The lowest BCUT2D eigenvalue weighted by Crippen LogP contribution is -2.24. The van der Waals surface area contributed by atoms with Crippen molar-refractivity contribution < 1.29 is 27.9 Å². The first-order chi connectivity index (χ1) is 14.9. The molecule has 2 aromatic carbocycles. The molecule has 10 heteroatoms. The van der Waals surface area contributed by atoms with Crippen LogP contribution in [-0.4, -0.2) is 43.9 Å². The molecule has 0 radical (unpaired) electrons. The highest BCUT2D eigenvalue weighted by atomic mass is 35.5. The fraction of sp³-hybridized carbons (Fsp3) is 0.286. The van der Waals surface area contributed by atoms with Crippen LogP contribution in [0.15, 0.2) is 34.9 Å². The summed E-state index contributed by atoms with van der Waals surface area (Å²) in [4.78, 5) is 18.7. The van der Waals surface area contributed by atoms with E-state index in [1.54, 1.807) is 17.0 Å². The lowest BCUT2D eigenvalue weighted by molar-refractivity contribution is -0.117. The van der Waals surface area contributed by atoms with Gasteiger partial charge in [-0.1, -0.05) is 16.8 Å². The zero-order valence-electron chi connectivity index (χ0n) is 17.0. The van der Waals surface area contributed by atoms with E-state index in [9.17, 15) is 9.18 Å². The normalized spacial score (nSPS) is 16.0. The average Bonchev–Trinajstić information content (AvgIpc) is 3.41. The monoisotopic (exact) mass is 447 g/mol. The number of rotatable bonds is 6. The summed E-state index contributed by atoms with van der Waals surface area (Å²) in [6, 6.07) is 7.59. The minimum Gasteiger partial charge on any atom is -0.493 e. The molecule has 0 saturated carbocycles. The molecule has 1 amide bonds.